The van der Waals surface area contributed by atoms with Gasteiger partial charge in [0.2, 0.25) is 0 Å². The average molecular weight is 348 g/mol. The van der Waals surface area contributed by atoms with E-state index in [4.69, 9.17) is 5.11 Å². The number of aliphatic hydroxyl groups is 3. The van der Waals surface area contributed by atoms with Crippen LogP contribution in [0, 0.1) is 0 Å². The van der Waals surface area contributed by atoms with E-state index in [2.05, 4.69) is 13.8 Å². The van der Waals surface area contributed by atoms with Crippen LogP contribution >= 0.6 is 0 Å². The molecular formula is C18H24N2O5. The quantitative estimate of drug-likeness (QED) is 0.657. The van der Waals surface area contributed by atoms with Gasteiger partial charge in [-0.15, -0.1) is 0 Å². The zero-order valence-electron chi connectivity index (χ0n) is 14.5. The van der Waals surface area contributed by atoms with Gasteiger partial charge in [0.25, 0.3) is 0 Å². The molecular weight excluding hydrogens is 324 g/mol. The minimum absolute atomic E-state index is 0.0707. The molecule has 7 heteroatoms. The molecule has 0 bridgehead atoms. The molecule has 2 atom stereocenters. The minimum Gasteiger partial charge on any atom is -0.394 e. The molecule has 136 valence electrons. The third-order valence-corrected chi connectivity index (χ3v) is 5.09. The van der Waals surface area contributed by atoms with Crippen LogP contribution in [0.3, 0.4) is 0 Å². The summed E-state index contributed by atoms with van der Waals surface area (Å²) in [6, 6.07) is 5.59. The van der Waals surface area contributed by atoms with Crippen molar-refractivity contribution in [3.63, 3.8) is 0 Å². The van der Waals surface area contributed by atoms with Crippen LogP contribution in [0.25, 0.3) is 11.0 Å². The molecule has 0 saturated carbocycles. The molecule has 0 fully saturated rings. The Hall–Kier alpha value is -1.96. The van der Waals surface area contributed by atoms with Crippen molar-refractivity contribution in [2.24, 2.45) is 0 Å². The van der Waals surface area contributed by atoms with E-state index in [-0.39, 0.29) is 18.4 Å². The molecule has 2 heterocycles. The zero-order valence-corrected chi connectivity index (χ0v) is 14.5. The minimum atomic E-state index is -1.06. The summed E-state index contributed by atoms with van der Waals surface area (Å²) in [6.45, 7) is 4.13. The van der Waals surface area contributed by atoms with Crippen LogP contribution in [-0.2, 0) is 18.5 Å². The van der Waals surface area contributed by atoms with Gasteiger partial charge in [-0.2, -0.15) is 0 Å². The SMILES string of the molecule is CC1(C)CCn2c(=O)c(=O)n(CC(O)C[C@H](O)CO)c3cccc1c32. The van der Waals surface area contributed by atoms with E-state index in [9.17, 15) is 19.8 Å². The lowest BCUT2D eigenvalue weighted by molar-refractivity contribution is 0.0358. The molecule has 0 aliphatic carbocycles. The number of benzene rings is 1. The van der Waals surface area contributed by atoms with Crippen molar-refractivity contribution in [1.82, 2.24) is 9.13 Å². The summed E-state index contributed by atoms with van der Waals surface area (Å²) in [7, 11) is 0. The van der Waals surface area contributed by atoms with Gasteiger partial charge in [-0.1, -0.05) is 26.0 Å². The standard InChI is InChI=1S/C18H24N2O5/c1-18(2)6-7-19-15-13(18)4-3-5-14(15)20(17(25)16(19)24)9-11(22)8-12(23)10-21/h3-5,11-12,21-23H,6-10H2,1-2H3/t11?,12-/m0/s1. The highest BCUT2D eigenvalue weighted by molar-refractivity contribution is 5.81. The van der Waals surface area contributed by atoms with Crippen LogP contribution in [-0.4, -0.2) is 43.3 Å². The second-order valence-electron chi connectivity index (χ2n) is 7.41. The lowest BCUT2D eigenvalue weighted by Gasteiger charge is -2.33. The Kier molecular flexibility index (Phi) is 4.57. The van der Waals surface area contributed by atoms with E-state index in [0.29, 0.717) is 12.1 Å². The van der Waals surface area contributed by atoms with Crippen LogP contribution in [0.4, 0.5) is 0 Å². The molecule has 0 saturated heterocycles. The molecule has 1 aromatic heterocycles. The molecule has 0 radical (unpaired) electrons. The fourth-order valence-corrected chi connectivity index (χ4v) is 3.62. The highest BCUT2D eigenvalue weighted by Gasteiger charge is 2.30. The predicted octanol–water partition coefficient (Wildman–Crippen LogP) is -0.0513. The topological polar surface area (TPSA) is 105 Å². The van der Waals surface area contributed by atoms with Gasteiger partial charge in [0.1, 0.15) is 0 Å². The summed E-state index contributed by atoms with van der Waals surface area (Å²) >= 11 is 0. The first-order valence-electron chi connectivity index (χ1n) is 8.50. The smallest absolute Gasteiger partial charge is 0.317 e. The summed E-state index contributed by atoms with van der Waals surface area (Å²) in [5.74, 6) is 0. The van der Waals surface area contributed by atoms with Crippen LogP contribution in [0.5, 0.6) is 0 Å². The number of para-hydroxylation sites is 1. The summed E-state index contributed by atoms with van der Waals surface area (Å²) < 4.78 is 2.82. The molecule has 25 heavy (non-hydrogen) atoms. The van der Waals surface area contributed by atoms with Crippen molar-refractivity contribution in [1.29, 1.82) is 0 Å². The first-order chi connectivity index (χ1) is 11.8. The van der Waals surface area contributed by atoms with Gasteiger partial charge < -0.3 is 19.9 Å². The second kappa shape index (κ2) is 6.40. The van der Waals surface area contributed by atoms with Crippen LogP contribution in [0.1, 0.15) is 32.3 Å². The number of aryl methyl sites for hydroxylation is 1. The van der Waals surface area contributed by atoms with Gasteiger partial charge in [-0.3, -0.25) is 14.2 Å². The van der Waals surface area contributed by atoms with E-state index in [0.717, 1.165) is 17.5 Å². The monoisotopic (exact) mass is 348 g/mol. The Labute approximate surface area is 144 Å². The molecule has 1 aliphatic rings. The Morgan fingerprint density at radius 3 is 2.56 bits per heavy atom. The number of aliphatic hydroxyl groups excluding tert-OH is 3. The Balaban J connectivity index is 2.18. The average Bonchev–Trinajstić information content (AvgIpc) is 2.57. The van der Waals surface area contributed by atoms with Gasteiger partial charge in [0, 0.05) is 13.0 Å². The maximum Gasteiger partial charge on any atom is 0.317 e. The normalized spacial score (nSPS) is 18.3. The van der Waals surface area contributed by atoms with Crippen molar-refractivity contribution in [2.45, 2.75) is 57.4 Å². The van der Waals surface area contributed by atoms with E-state index in [1.54, 1.807) is 6.07 Å². The van der Waals surface area contributed by atoms with Gasteiger partial charge in [0.05, 0.1) is 36.4 Å². The fraction of sp³-hybridized carbons (Fsp3) is 0.556. The molecule has 2 aromatic rings. The van der Waals surface area contributed by atoms with Gasteiger partial charge in [-0.05, 0) is 23.5 Å². The summed E-state index contributed by atoms with van der Waals surface area (Å²) in [5.41, 5.74) is 0.963. The summed E-state index contributed by atoms with van der Waals surface area (Å²) in [5, 5.41) is 28.5. The molecule has 0 amide bonds. The van der Waals surface area contributed by atoms with Crippen LogP contribution in [0.15, 0.2) is 27.8 Å². The van der Waals surface area contributed by atoms with E-state index < -0.39 is 29.9 Å². The van der Waals surface area contributed by atoms with Crippen molar-refractivity contribution >= 4 is 11.0 Å². The van der Waals surface area contributed by atoms with Gasteiger partial charge in [0.15, 0.2) is 0 Å². The maximum absolute atomic E-state index is 12.6. The fourth-order valence-electron chi connectivity index (χ4n) is 3.62. The Morgan fingerprint density at radius 1 is 1.16 bits per heavy atom. The first-order valence-corrected chi connectivity index (χ1v) is 8.50. The zero-order chi connectivity index (χ0) is 18.4. The molecule has 3 rings (SSSR count). The Bertz CT molecular complexity index is 912. The number of nitrogens with zero attached hydrogens (tertiary/aromatic N) is 2. The highest BCUT2D eigenvalue weighted by atomic mass is 16.3. The van der Waals surface area contributed by atoms with E-state index in [1.807, 2.05) is 12.1 Å². The van der Waals surface area contributed by atoms with E-state index >= 15 is 0 Å². The van der Waals surface area contributed by atoms with E-state index in [1.165, 1.54) is 9.13 Å². The molecule has 3 N–H and O–H groups in total. The number of aromatic nitrogens is 2. The molecule has 7 nitrogen and oxygen atoms in total. The van der Waals surface area contributed by atoms with Crippen molar-refractivity contribution in [3.8, 4) is 0 Å². The van der Waals surface area contributed by atoms with Crippen LogP contribution < -0.4 is 11.1 Å². The van der Waals surface area contributed by atoms with Gasteiger partial charge in [-0.25, -0.2) is 0 Å². The Morgan fingerprint density at radius 2 is 1.88 bits per heavy atom. The number of hydrogen-bond acceptors (Lipinski definition) is 5. The maximum atomic E-state index is 12.6. The highest BCUT2D eigenvalue weighted by Crippen LogP contribution is 2.36. The molecule has 0 spiro atoms. The third-order valence-electron chi connectivity index (χ3n) is 5.09. The van der Waals surface area contributed by atoms with Gasteiger partial charge >= 0.3 is 11.1 Å². The molecule has 1 unspecified atom stereocenters. The number of rotatable bonds is 5. The van der Waals surface area contributed by atoms with Crippen molar-refractivity contribution in [2.75, 3.05) is 6.61 Å². The number of hydrogen-bond donors (Lipinski definition) is 3. The summed E-state index contributed by atoms with van der Waals surface area (Å²) in [6.07, 6.45) is -1.41. The van der Waals surface area contributed by atoms with Crippen molar-refractivity contribution < 1.29 is 15.3 Å². The lowest BCUT2D eigenvalue weighted by atomic mass is 9.78. The predicted molar refractivity (Wildman–Crippen MR) is 93.8 cm³/mol. The van der Waals surface area contributed by atoms with Crippen molar-refractivity contribution in [3.05, 3.63) is 44.5 Å². The largest absolute Gasteiger partial charge is 0.394 e. The second-order valence-corrected chi connectivity index (χ2v) is 7.41. The third kappa shape index (κ3) is 3.03. The van der Waals surface area contributed by atoms with Crippen LogP contribution in [0.2, 0.25) is 0 Å². The molecule has 1 aliphatic heterocycles. The molecule has 1 aromatic carbocycles. The lowest BCUT2D eigenvalue weighted by Crippen LogP contribution is -2.46. The summed E-state index contributed by atoms with van der Waals surface area (Å²) in [4.78, 5) is 25.1. The first kappa shape index (κ1) is 17.8.